The quantitative estimate of drug-likeness (QED) is 0.429. The Balaban J connectivity index is 2.20. The highest BCUT2D eigenvalue weighted by Crippen LogP contribution is 2.26. The van der Waals surface area contributed by atoms with Crippen molar-refractivity contribution in [1.29, 1.82) is 0 Å². The molecular formula is C22H29NO9. The van der Waals surface area contributed by atoms with E-state index >= 15 is 0 Å². The number of hydrogen-bond acceptors (Lipinski definition) is 9. The van der Waals surface area contributed by atoms with E-state index in [0.29, 0.717) is 11.4 Å². The zero-order valence-electron chi connectivity index (χ0n) is 18.9. The fourth-order valence-electron chi connectivity index (χ4n) is 2.94. The Morgan fingerprint density at radius 1 is 1.25 bits per heavy atom. The van der Waals surface area contributed by atoms with Crippen molar-refractivity contribution in [3.63, 3.8) is 0 Å². The minimum Gasteiger partial charge on any atom is -0.482 e. The van der Waals surface area contributed by atoms with Gasteiger partial charge in [0.2, 0.25) is 6.10 Å². The number of carbonyl (C=O) groups is 4. The molecule has 1 saturated heterocycles. The maximum atomic E-state index is 13.2. The molecule has 1 aliphatic rings. The Morgan fingerprint density at radius 3 is 2.59 bits per heavy atom. The van der Waals surface area contributed by atoms with Gasteiger partial charge in [0.15, 0.2) is 12.7 Å². The lowest BCUT2D eigenvalue weighted by molar-refractivity contribution is -0.188. The van der Waals surface area contributed by atoms with E-state index < -0.39 is 41.6 Å². The van der Waals surface area contributed by atoms with Crippen molar-refractivity contribution in [2.45, 2.75) is 52.4 Å². The van der Waals surface area contributed by atoms with Crippen molar-refractivity contribution < 1.29 is 42.9 Å². The van der Waals surface area contributed by atoms with Gasteiger partial charge in [0.1, 0.15) is 11.4 Å². The number of ether oxygens (including phenoxy) is 5. The molecule has 0 saturated carbocycles. The number of esters is 3. The van der Waals surface area contributed by atoms with Gasteiger partial charge in [0.25, 0.3) is 5.91 Å². The molecule has 10 heteroatoms. The standard InChI is InChI=1S/C22H29NO9/c1-6-28-17(25)13-30-16-9-7-8-15(12-16)23-10-11-29-18(20(23)26)19(31-14(2)24)21(27)32-22(3,4)5/h7-9,12,18-19H,6,10-11,13H2,1-5H3/t18-,19-/m1/s1. The van der Waals surface area contributed by atoms with Crippen LogP contribution >= 0.6 is 0 Å². The van der Waals surface area contributed by atoms with Crippen molar-refractivity contribution in [2.24, 2.45) is 0 Å². The lowest BCUT2D eigenvalue weighted by atomic mass is 10.1. The number of carbonyl (C=O) groups excluding carboxylic acids is 4. The molecule has 2 rings (SSSR count). The summed E-state index contributed by atoms with van der Waals surface area (Å²) in [5.41, 5.74) is -0.382. The normalized spacial score (nSPS) is 17.3. The van der Waals surface area contributed by atoms with Gasteiger partial charge in [-0.25, -0.2) is 9.59 Å². The van der Waals surface area contributed by atoms with Crippen LogP contribution < -0.4 is 9.64 Å². The highest BCUT2D eigenvalue weighted by atomic mass is 16.6. The van der Waals surface area contributed by atoms with Gasteiger partial charge in [-0.15, -0.1) is 0 Å². The molecule has 1 aromatic carbocycles. The molecule has 0 unspecified atom stereocenters. The van der Waals surface area contributed by atoms with Crippen LogP contribution in [0.4, 0.5) is 5.69 Å². The third-order valence-electron chi connectivity index (χ3n) is 4.12. The first-order chi connectivity index (χ1) is 15.0. The van der Waals surface area contributed by atoms with E-state index in [4.69, 9.17) is 23.7 Å². The minimum atomic E-state index is -1.55. The SMILES string of the molecule is CCOC(=O)COc1cccc(N2CCO[C@H]([C@@H](OC(C)=O)C(=O)OC(C)(C)C)C2=O)c1. The molecule has 2 atom stereocenters. The van der Waals surface area contributed by atoms with Crippen molar-refractivity contribution in [3.05, 3.63) is 24.3 Å². The van der Waals surface area contributed by atoms with Gasteiger partial charge in [-0.05, 0) is 39.8 Å². The molecule has 0 N–H and O–H groups in total. The second-order valence-electron chi connectivity index (χ2n) is 7.94. The van der Waals surface area contributed by atoms with Gasteiger partial charge >= 0.3 is 17.9 Å². The Hall–Kier alpha value is -3.14. The first-order valence-corrected chi connectivity index (χ1v) is 10.2. The molecule has 0 aliphatic carbocycles. The predicted octanol–water partition coefficient (Wildman–Crippen LogP) is 1.63. The van der Waals surface area contributed by atoms with E-state index in [1.165, 1.54) is 4.90 Å². The first-order valence-electron chi connectivity index (χ1n) is 10.2. The van der Waals surface area contributed by atoms with Crippen LogP contribution in [0.5, 0.6) is 5.75 Å². The lowest BCUT2D eigenvalue weighted by Gasteiger charge is -2.35. The Bertz CT molecular complexity index is 846. The van der Waals surface area contributed by atoms with E-state index in [-0.39, 0.29) is 26.4 Å². The van der Waals surface area contributed by atoms with E-state index in [0.717, 1.165) is 6.92 Å². The molecule has 0 bridgehead atoms. The van der Waals surface area contributed by atoms with Crippen molar-refractivity contribution in [1.82, 2.24) is 0 Å². The van der Waals surface area contributed by atoms with E-state index in [1.54, 1.807) is 52.0 Å². The minimum absolute atomic E-state index is 0.102. The molecule has 10 nitrogen and oxygen atoms in total. The van der Waals surface area contributed by atoms with Gasteiger partial charge < -0.3 is 28.6 Å². The molecule has 176 valence electrons. The summed E-state index contributed by atoms with van der Waals surface area (Å²) in [4.78, 5) is 50.3. The van der Waals surface area contributed by atoms with Crippen LogP contribution in [0.2, 0.25) is 0 Å². The summed E-state index contributed by atoms with van der Waals surface area (Å²) in [6.45, 7) is 8.08. The summed E-state index contributed by atoms with van der Waals surface area (Å²) in [7, 11) is 0. The van der Waals surface area contributed by atoms with Crippen LogP contribution in [0, 0.1) is 0 Å². The predicted molar refractivity (Wildman–Crippen MR) is 112 cm³/mol. The maximum Gasteiger partial charge on any atom is 0.351 e. The lowest BCUT2D eigenvalue weighted by Crippen LogP contribution is -2.56. The fraction of sp³-hybridized carbons (Fsp3) is 0.545. The summed E-state index contributed by atoms with van der Waals surface area (Å²) in [6, 6.07) is 6.54. The number of morpholine rings is 1. The number of hydrogen-bond donors (Lipinski definition) is 0. The van der Waals surface area contributed by atoms with Gasteiger partial charge in [-0.2, -0.15) is 0 Å². The Labute approximate surface area is 186 Å². The number of rotatable bonds is 8. The van der Waals surface area contributed by atoms with Gasteiger partial charge in [0, 0.05) is 25.2 Å². The summed E-state index contributed by atoms with van der Waals surface area (Å²) >= 11 is 0. The average Bonchev–Trinajstić information content (AvgIpc) is 2.70. The highest BCUT2D eigenvalue weighted by Gasteiger charge is 2.44. The zero-order valence-corrected chi connectivity index (χ0v) is 18.9. The first kappa shape index (κ1) is 25.1. The molecule has 1 aliphatic heterocycles. The maximum absolute atomic E-state index is 13.2. The van der Waals surface area contributed by atoms with Gasteiger partial charge in [0.05, 0.1) is 13.2 Å². The molecule has 0 spiro atoms. The second kappa shape index (κ2) is 10.9. The largest absolute Gasteiger partial charge is 0.482 e. The third kappa shape index (κ3) is 7.23. The van der Waals surface area contributed by atoms with E-state index in [1.807, 2.05) is 0 Å². The third-order valence-corrected chi connectivity index (χ3v) is 4.12. The van der Waals surface area contributed by atoms with Crippen molar-refractivity contribution in [3.8, 4) is 5.75 Å². The summed E-state index contributed by atoms with van der Waals surface area (Å²) in [5, 5.41) is 0. The Morgan fingerprint density at radius 2 is 1.97 bits per heavy atom. The van der Waals surface area contributed by atoms with E-state index in [2.05, 4.69) is 0 Å². The van der Waals surface area contributed by atoms with Crippen molar-refractivity contribution in [2.75, 3.05) is 31.3 Å². The fourth-order valence-corrected chi connectivity index (χ4v) is 2.94. The molecule has 0 aromatic heterocycles. The topological polar surface area (TPSA) is 118 Å². The van der Waals surface area contributed by atoms with Crippen LogP contribution in [0.3, 0.4) is 0 Å². The van der Waals surface area contributed by atoms with Crippen LogP contribution in [0.25, 0.3) is 0 Å². The number of nitrogens with zero attached hydrogens (tertiary/aromatic N) is 1. The smallest absolute Gasteiger partial charge is 0.351 e. The van der Waals surface area contributed by atoms with Gasteiger partial charge in [-0.1, -0.05) is 6.07 Å². The highest BCUT2D eigenvalue weighted by molar-refractivity contribution is 6.01. The van der Waals surface area contributed by atoms with E-state index in [9.17, 15) is 19.2 Å². The van der Waals surface area contributed by atoms with Crippen molar-refractivity contribution >= 4 is 29.5 Å². The number of amides is 1. The summed E-state index contributed by atoms with van der Waals surface area (Å²) in [5.74, 6) is -2.35. The van der Waals surface area contributed by atoms with Crippen LogP contribution in [0.15, 0.2) is 24.3 Å². The van der Waals surface area contributed by atoms with Gasteiger partial charge in [-0.3, -0.25) is 9.59 Å². The summed E-state index contributed by atoms with van der Waals surface area (Å²) in [6.07, 6.45) is -2.92. The molecule has 0 radical (unpaired) electrons. The second-order valence-corrected chi connectivity index (χ2v) is 7.94. The molecule has 32 heavy (non-hydrogen) atoms. The van der Waals surface area contributed by atoms with Crippen LogP contribution in [-0.4, -0.2) is 68.0 Å². The summed E-state index contributed by atoms with van der Waals surface area (Å²) < 4.78 is 26.2. The Kier molecular flexibility index (Phi) is 8.59. The van der Waals surface area contributed by atoms with Crippen LogP contribution in [0.1, 0.15) is 34.6 Å². The molecule has 1 amide bonds. The molecule has 1 aromatic rings. The molecular weight excluding hydrogens is 422 g/mol. The number of anilines is 1. The average molecular weight is 451 g/mol. The number of benzene rings is 1. The molecule has 1 fully saturated rings. The molecule has 1 heterocycles. The monoisotopic (exact) mass is 451 g/mol. The van der Waals surface area contributed by atoms with Crippen LogP contribution in [-0.2, 0) is 38.1 Å². The zero-order chi connectivity index (χ0) is 23.9.